The smallest absolute Gasteiger partial charge is 0.256 e. The van der Waals surface area contributed by atoms with Gasteiger partial charge in [0, 0.05) is 11.1 Å². The van der Waals surface area contributed by atoms with E-state index in [4.69, 9.17) is 4.98 Å². The van der Waals surface area contributed by atoms with Crippen LogP contribution in [-0.2, 0) is 6.61 Å². The Kier molecular flexibility index (Phi) is 6.26. The molecule has 0 saturated heterocycles. The molecule has 5 heteroatoms. The maximum Gasteiger partial charge on any atom is 0.256 e. The number of anilines is 1. The summed E-state index contributed by atoms with van der Waals surface area (Å²) in [7, 11) is 0. The Balaban J connectivity index is 1.69. The molecule has 152 valence electrons. The predicted molar refractivity (Wildman–Crippen MR) is 123 cm³/mol. The molecule has 4 rings (SSSR count). The van der Waals surface area contributed by atoms with Gasteiger partial charge < -0.3 is 10.4 Å². The molecule has 1 aromatic heterocycles. The Bertz CT molecular complexity index is 1190. The number of nitrogens with zero attached hydrogens (tertiary/aromatic N) is 2. The monoisotopic (exact) mass is 407 g/mol. The maximum atomic E-state index is 12.6. The lowest BCUT2D eigenvalue weighted by Gasteiger charge is -2.10. The van der Waals surface area contributed by atoms with Crippen LogP contribution in [0.5, 0.6) is 0 Å². The van der Waals surface area contributed by atoms with Crippen LogP contribution in [0.3, 0.4) is 0 Å². The van der Waals surface area contributed by atoms with Crippen molar-refractivity contribution in [2.45, 2.75) is 6.61 Å². The molecule has 0 aliphatic rings. The van der Waals surface area contributed by atoms with E-state index in [0.717, 1.165) is 16.7 Å². The van der Waals surface area contributed by atoms with Gasteiger partial charge in [-0.15, -0.1) is 0 Å². The van der Waals surface area contributed by atoms with Crippen LogP contribution in [0.2, 0.25) is 0 Å². The first-order valence-corrected chi connectivity index (χ1v) is 9.90. The molecule has 2 N–H and O–H groups in total. The van der Waals surface area contributed by atoms with E-state index >= 15 is 0 Å². The summed E-state index contributed by atoms with van der Waals surface area (Å²) in [6, 6.07) is 26.3. The van der Waals surface area contributed by atoms with Crippen LogP contribution < -0.4 is 5.32 Å². The number of hydrogen-bond acceptors (Lipinski definition) is 4. The Morgan fingerprint density at radius 1 is 0.871 bits per heavy atom. The molecule has 4 aromatic rings. The fourth-order valence-electron chi connectivity index (χ4n) is 3.04. The van der Waals surface area contributed by atoms with Gasteiger partial charge in [0.1, 0.15) is 5.69 Å². The lowest BCUT2D eigenvalue weighted by Crippen LogP contribution is -2.14. The van der Waals surface area contributed by atoms with Gasteiger partial charge in [-0.3, -0.25) is 4.79 Å². The van der Waals surface area contributed by atoms with E-state index in [9.17, 15) is 9.90 Å². The second-order valence-corrected chi connectivity index (χ2v) is 6.91. The zero-order valence-electron chi connectivity index (χ0n) is 16.8. The lowest BCUT2D eigenvalue weighted by molar-refractivity contribution is 0.102. The third kappa shape index (κ3) is 5.10. The van der Waals surface area contributed by atoms with Crippen molar-refractivity contribution >= 4 is 23.9 Å². The first-order chi connectivity index (χ1) is 15.2. The zero-order valence-corrected chi connectivity index (χ0v) is 16.8. The number of hydrogen-bond donors (Lipinski definition) is 2. The number of rotatable bonds is 6. The topological polar surface area (TPSA) is 75.1 Å². The molecule has 0 aliphatic carbocycles. The van der Waals surface area contributed by atoms with E-state index in [1.807, 2.05) is 84.9 Å². The normalized spacial score (nSPS) is 10.9. The molecule has 1 amide bonds. The molecule has 0 radical (unpaired) electrons. The zero-order chi connectivity index (χ0) is 21.5. The van der Waals surface area contributed by atoms with Gasteiger partial charge in [0.05, 0.1) is 18.5 Å². The van der Waals surface area contributed by atoms with Gasteiger partial charge in [-0.1, -0.05) is 78.9 Å². The van der Waals surface area contributed by atoms with Gasteiger partial charge in [0.15, 0.2) is 5.82 Å². The standard InChI is InChI=1S/C26H21N3O2/c30-18-20-11-14-21(15-12-20)24-17-27-25(29-26(31)22-9-5-2-6-10-22)23(28-24)16-13-19-7-3-1-4-8-19/h1-17,30H,18H2,(H,27,29,31)/b16-13+. The number of amides is 1. The number of aliphatic hydroxyl groups is 1. The van der Waals surface area contributed by atoms with Crippen molar-refractivity contribution in [3.63, 3.8) is 0 Å². The van der Waals surface area contributed by atoms with E-state index in [1.165, 1.54) is 0 Å². The van der Waals surface area contributed by atoms with Crippen molar-refractivity contribution in [2.24, 2.45) is 0 Å². The van der Waals surface area contributed by atoms with Crippen LogP contribution in [0, 0.1) is 0 Å². The van der Waals surface area contributed by atoms with Crippen molar-refractivity contribution in [3.8, 4) is 11.3 Å². The predicted octanol–water partition coefficient (Wildman–Crippen LogP) is 5.06. The van der Waals surface area contributed by atoms with Gasteiger partial charge in [-0.05, 0) is 29.3 Å². The van der Waals surface area contributed by atoms with Gasteiger partial charge >= 0.3 is 0 Å². The molecular weight excluding hydrogens is 386 g/mol. The minimum atomic E-state index is -0.246. The van der Waals surface area contributed by atoms with Crippen LogP contribution in [0.15, 0.2) is 91.1 Å². The van der Waals surface area contributed by atoms with E-state index in [1.54, 1.807) is 18.3 Å². The number of carbonyl (C=O) groups excluding carboxylic acids is 1. The SMILES string of the molecule is O=C(Nc1ncc(-c2ccc(CO)cc2)nc1/C=C/c1ccccc1)c1ccccc1. The summed E-state index contributed by atoms with van der Waals surface area (Å²) in [5.41, 5.74) is 4.49. The highest BCUT2D eigenvalue weighted by molar-refractivity contribution is 6.04. The Morgan fingerprint density at radius 2 is 1.55 bits per heavy atom. The van der Waals surface area contributed by atoms with Crippen molar-refractivity contribution in [1.82, 2.24) is 9.97 Å². The second kappa shape index (κ2) is 9.61. The lowest BCUT2D eigenvalue weighted by atomic mass is 10.1. The van der Waals surface area contributed by atoms with Crippen molar-refractivity contribution in [3.05, 3.63) is 114 Å². The van der Waals surface area contributed by atoms with Gasteiger partial charge in [0.25, 0.3) is 5.91 Å². The molecule has 5 nitrogen and oxygen atoms in total. The highest BCUT2D eigenvalue weighted by Crippen LogP contribution is 2.22. The average Bonchev–Trinajstić information content (AvgIpc) is 2.84. The number of aromatic nitrogens is 2. The van der Waals surface area contributed by atoms with Gasteiger partial charge in [0.2, 0.25) is 0 Å². The summed E-state index contributed by atoms with van der Waals surface area (Å²) in [6.45, 7) is -0.0124. The fourth-order valence-corrected chi connectivity index (χ4v) is 3.04. The number of aliphatic hydroxyl groups excluding tert-OH is 1. The summed E-state index contributed by atoms with van der Waals surface area (Å²) < 4.78 is 0. The number of carbonyl (C=O) groups is 1. The third-order valence-corrected chi connectivity index (χ3v) is 4.73. The molecule has 1 heterocycles. The van der Waals surface area contributed by atoms with E-state index in [2.05, 4.69) is 10.3 Å². The summed E-state index contributed by atoms with van der Waals surface area (Å²) in [6.07, 6.45) is 5.41. The van der Waals surface area contributed by atoms with Crippen LogP contribution in [0.1, 0.15) is 27.2 Å². The highest BCUT2D eigenvalue weighted by Gasteiger charge is 2.12. The molecule has 0 aliphatic heterocycles. The maximum absolute atomic E-state index is 12.6. The average molecular weight is 407 g/mol. The molecule has 3 aromatic carbocycles. The van der Waals surface area contributed by atoms with E-state index in [-0.39, 0.29) is 12.5 Å². The van der Waals surface area contributed by atoms with Crippen molar-refractivity contribution in [2.75, 3.05) is 5.32 Å². The van der Waals surface area contributed by atoms with Crippen LogP contribution >= 0.6 is 0 Å². The third-order valence-electron chi connectivity index (χ3n) is 4.73. The first kappa shape index (κ1) is 20.2. The molecule has 0 bridgehead atoms. The number of benzene rings is 3. The quantitative estimate of drug-likeness (QED) is 0.469. The first-order valence-electron chi connectivity index (χ1n) is 9.90. The molecule has 0 saturated carbocycles. The highest BCUT2D eigenvalue weighted by atomic mass is 16.3. The largest absolute Gasteiger partial charge is 0.392 e. The molecule has 31 heavy (non-hydrogen) atoms. The second-order valence-electron chi connectivity index (χ2n) is 6.91. The van der Waals surface area contributed by atoms with Crippen LogP contribution in [0.25, 0.3) is 23.4 Å². The van der Waals surface area contributed by atoms with E-state index in [0.29, 0.717) is 22.8 Å². The summed E-state index contributed by atoms with van der Waals surface area (Å²) in [5.74, 6) is 0.140. The van der Waals surface area contributed by atoms with Crippen molar-refractivity contribution < 1.29 is 9.90 Å². The Hall–Kier alpha value is -4.09. The molecule has 0 fully saturated rings. The molecule has 0 unspecified atom stereocenters. The molecule has 0 spiro atoms. The summed E-state index contributed by atoms with van der Waals surface area (Å²) in [5, 5.41) is 12.1. The Labute approximate surface area is 180 Å². The fraction of sp³-hybridized carbons (Fsp3) is 0.0385. The molecule has 0 atom stereocenters. The van der Waals surface area contributed by atoms with Gasteiger partial charge in [-0.2, -0.15) is 0 Å². The summed E-state index contributed by atoms with van der Waals surface area (Å²) in [4.78, 5) is 21.9. The van der Waals surface area contributed by atoms with Crippen LogP contribution in [-0.4, -0.2) is 21.0 Å². The number of nitrogens with one attached hydrogen (secondary N) is 1. The van der Waals surface area contributed by atoms with Gasteiger partial charge in [-0.25, -0.2) is 9.97 Å². The minimum absolute atomic E-state index is 0.0124. The minimum Gasteiger partial charge on any atom is -0.392 e. The van der Waals surface area contributed by atoms with E-state index < -0.39 is 0 Å². The summed E-state index contributed by atoms with van der Waals surface area (Å²) >= 11 is 0. The van der Waals surface area contributed by atoms with Crippen molar-refractivity contribution in [1.29, 1.82) is 0 Å². The Morgan fingerprint density at radius 3 is 2.23 bits per heavy atom. The van der Waals surface area contributed by atoms with Crippen LogP contribution in [0.4, 0.5) is 5.82 Å². The molecular formula is C26H21N3O2.